The molecule has 0 aliphatic carbocycles. The zero-order chi connectivity index (χ0) is 14.5. The van der Waals surface area contributed by atoms with Gasteiger partial charge in [-0.25, -0.2) is 0 Å². The lowest BCUT2D eigenvalue weighted by molar-refractivity contribution is 0.234. The molecule has 0 amide bonds. The fraction of sp³-hybridized carbons (Fsp3) is 0.647. The van der Waals surface area contributed by atoms with Crippen molar-refractivity contribution < 1.29 is 0 Å². The molecule has 1 aliphatic heterocycles. The first-order valence-corrected chi connectivity index (χ1v) is 7.81. The van der Waals surface area contributed by atoms with Crippen molar-refractivity contribution in [1.82, 2.24) is 10.2 Å². The Balaban J connectivity index is 1.88. The molecule has 1 heterocycles. The van der Waals surface area contributed by atoms with Crippen molar-refractivity contribution in [2.24, 2.45) is 5.92 Å². The number of piperazine rings is 1. The quantitative estimate of drug-likeness (QED) is 0.891. The average molecular weight is 275 g/mol. The summed E-state index contributed by atoms with van der Waals surface area (Å²) < 4.78 is 0. The van der Waals surface area contributed by atoms with Crippen molar-refractivity contribution in [2.45, 2.75) is 33.4 Å². The summed E-state index contributed by atoms with van der Waals surface area (Å²) in [7, 11) is 2.21. The topological polar surface area (TPSA) is 18.5 Å². The van der Waals surface area contributed by atoms with Gasteiger partial charge >= 0.3 is 0 Å². The minimum absolute atomic E-state index is 0.635. The van der Waals surface area contributed by atoms with Crippen molar-refractivity contribution >= 4 is 5.69 Å². The highest BCUT2D eigenvalue weighted by molar-refractivity contribution is 5.48. The van der Waals surface area contributed by atoms with E-state index in [1.165, 1.54) is 11.3 Å². The molecule has 1 unspecified atom stereocenters. The second-order valence-electron chi connectivity index (χ2n) is 6.47. The van der Waals surface area contributed by atoms with Crippen LogP contribution in [0.5, 0.6) is 0 Å². The summed E-state index contributed by atoms with van der Waals surface area (Å²) in [4.78, 5) is 4.93. The highest BCUT2D eigenvalue weighted by Crippen LogP contribution is 2.19. The van der Waals surface area contributed by atoms with Crippen molar-refractivity contribution in [3.8, 4) is 0 Å². The van der Waals surface area contributed by atoms with Gasteiger partial charge < -0.3 is 15.1 Å². The maximum absolute atomic E-state index is 3.49. The Morgan fingerprint density at radius 2 is 1.90 bits per heavy atom. The van der Waals surface area contributed by atoms with Crippen LogP contribution in [0.25, 0.3) is 0 Å². The van der Waals surface area contributed by atoms with Gasteiger partial charge in [-0.3, -0.25) is 0 Å². The second-order valence-corrected chi connectivity index (χ2v) is 6.47. The maximum atomic E-state index is 3.49. The lowest BCUT2D eigenvalue weighted by atomic mass is 10.1. The lowest BCUT2D eigenvalue weighted by Gasteiger charge is -2.39. The maximum Gasteiger partial charge on any atom is 0.0367 e. The minimum Gasteiger partial charge on any atom is -0.369 e. The van der Waals surface area contributed by atoms with Gasteiger partial charge in [-0.15, -0.1) is 0 Å². The van der Waals surface area contributed by atoms with Crippen LogP contribution in [0.3, 0.4) is 0 Å². The van der Waals surface area contributed by atoms with Gasteiger partial charge in [-0.1, -0.05) is 26.0 Å². The summed E-state index contributed by atoms with van der Waals surface area (Å²) in [5.41, 5.74) is 2.73. The zero-order valence-electron chi connectivity index (χ0n) is 13.4. The molecule has 3 heteroatoms. The Bertz CT molecular complexity index is 399. The van der Waals surface area contributed by atoms with Gasteiger partial charge in [0, 0.05) is 37.9 Å². The van der Waals surface area contributed by atoms with E-state index >= 15 is 0 Å². The van der Waals surface area contributed by atoms with E-state index in [1.54, 1.807) is 0 Å². The molecule has 1 aromatic rings. The molecule has 3 nitrogen and oxygen atoms in total. The molecule has 0 spiro atoms. The zero-order valence-corrected chi connectivity index (χ0v) is 13.4. The van der Waals surface area contributed by atoms with Gasteiger partial charge in [-0.2, -0.15) is 0 Å². The first-order chi connectivity index (χ1) is 9.56. The number of rotatable bonds is 5. The van der Waals surface area contributed by atoms with Gasteiger partial charge in [0.2, 0.25) is 0 Å². The molecule has 0 saturated carbocycles. The molecule has 1 atom stereocenters. The summed E-state index contributed by atoms with van der Waals surface area (Å²) in [6, 6.07) is 9.68. The van der Waals surface area contributed by atoms with E-state index in [0.717, 1.165) is 32.7 Å². The molecule has 1 N–H and O–H groups in total. The van der Waals surface area contributed by atoms with Crippen LogP contribution >= 0.6 is 0 Å². The third-order valence-electron chi connectivity index (χ3n) is 4.14. The van der Waals surface area contributed by atoms with E-state index in [0.29, 0.717) is 12.0 Å². The Morgan fingerprint density at radius 1 is 1.20 bits per heavy atom. The summed E-state index contributed by atoms with van der Waals surface area (Å²) >= 11 is 0. The average Bonchev–Trinajstić information content (AvgIpc) is 2.42. The number of anilines is 1. The third-order valence-corrected chi connectivity index (χ3v) is 4.14. The van der Waals surface area contributed by atoms with Crippen LogP contribution in [-0.4, -0.2) is 44.2 Å². The molecule has 1 fully saturated rings. The molecular formula is C17H29N3. The number of likely N-dealkylation sites (N-methyl/N-ethyl adjacent to an activating group) is 1. The summed E-state index contributed by atoms with van der Waals surface area (Å²) in [6.07, 6.45) is 0. The highest BCUT2D eigenvalue weighted by Gasteiger charge is 2.20. The lowest BCUT2D eigenvalue weighted by Crippen LogP contribution is -2.50. The van der Waals surface area contributed by atoms with Gasteiger partial charge in [0.05, 0.1) is 0 Å². The van der Waals surface area contributed by atoms with Crippen LogP contribution in [0.1, 0.15) is 26.3 Å². The summed E-state index contributed by atoms with van der Waals surface area (Å²) in [6.45, 7) is 12.2. The molecule has 1 aromatic carbocycles. The van der Waals surface area contributed by atoms with Crippen LogP contribution < -0.4 is 10.2 Å². The minimum atomic E-state index is 0.635. The summed E-state index contributed by atoms with van der Waals surface area (Å²) in [5.74, 6) is 0.709. The number of nitrogens with zero attached hydrogens (tertiary/aromatic N) is 2. The Kier molecular flexibility index (Phi) is 5.44. The van der Waals surface area contributed by atoms with E-state index in [2.05, 4.69) is 67.2 Å². The van der Waals surface area contributed by atoms with Crippen molar-refractivity contribution in [3.63, 3.8) is 0 Å². The fourth-order valence-electron chi connectivity index (χ4n) is 2.61. The van der Waals surface area contributed by atoms with Crippen LogP contribution in [-0.2, 0) is 6.54 Å². The first-order valence-electron chi connectivity index (χ1n) is 7.81. The Morgan fingerprint density at radius 3 is 2.50 bits per heavy atom. The second kappa shape index (κ2) is 7.09. The number of nitrogens with one attached hydrogen (secondary N) is 1. The summed E-state index contributed by atoms with van der Waals surface area (Å²) in [5, 5.41) is 3.49. The Labute approximate surface area is 124 Å². The number of benzene rings is 1. The molecule has 0 aromatic heterocycles. The normalized spacial score (nSPS) is 20.6. The molecule has 1 saturated heterocycles. The molecule has 1 aliphatic rings. The molecule has 20 heavy (non-hydrogen) atoms. The smallest absolute Gasteiger partial charge is 0.0367 e. The largest absolute Gasteiger partial charge is 0.369 e. The monoisotopic (exact) mass is 275 g/mol. The van der Waals surface area contributed by atoms with Crippen LogP contribution in [0.15, 0.2) is 24.3 Å². The first kappa shape index (κ1) is 15.3. The van der Waals surface area contributed by atoms with E-state index in [4.69, 9.17) is 0 Å². The van der Waals surface area contributed by atoms with Crippen LogP contribution in [0.4, 0.5) is 5.69 Å². The van der Waals surface area contributed by atoms with Gasteiger partial charge in [0.15, 0.2) is 0 Å². The van der Waals surface area contributed by atoms with Crippen molar-refractivity contribution in [3.05, 3.63) is 29.8 Å². The molecule has 112 valence electrons. The molecule has 0 bridgehead atoms. The van der Waals surface area contributed by atoms with Crippen LogP contribution in [0, 0.1) is 5.92 Å². The van der Waals surface area contributed by atoms with Crippen LogP contribution in [0.2, 0.25) is 0 Å². The third kappa shape index (κ3) is 4.22. The van der Waals surface area contributed by atoms with Gasteiger partial charge in [-0.05, 0) is 44.1 Å². The Hall–Kier alpha value is -1.06. The number of hydrogen-bond donors (Lipinski definition) is 1. The van der Waals surface area contributed by atoms with Gasteiger partial charge in [0.25, 0.3) is 0 Å². The standard InChI is InChI=1S/C17H29N3/c1-14(2)11-18-12-16-5-7-17(8-6-16)20-10-9-19(4)15(3)13-20/h5-8,14-15,18H,9-13H2,1-4H3. The van der Waals surface area contributed by atoms with Gasteiger partial charge in [0.1, 0.15) is 0 Å². The molecular weight excluding hydrogens is 246 g/mol. The van der Waals surface area contributed by atoms with E-state index in [-0.39, 0.29) is 0 Å². The SMILES string of the molecule is CC(C)CNCc1ccc(N2CCN(C)C(C)C2)cc1. The van der Waals surface area contributed by atoms with Crippen molar-refractivity contribution in [2.75, 3.05) is 38.1 Å². The van der Waals surface area contributed by atoms with E-state index < -0.39 is 0 Å². The molecule has 0 radical (unpaired) electrons. The fourth-order valence-corrected chi connectivity index (χ4v) is 2.61. The number of hydrogen-bond acceptors (Lipinski definition) is 3. The highest BCUT2D eigenvalue weighted by atomic mass is 15.3. The van der Waals surface area contributed by atoms with E-state index in [1.807, 2.05) is 0 Å². The van der Waals surface area contributed by atoms with E-state index in [9.17, 15) is 0 Å². The predicted octanol–water partition coefficient (Wildman–Crippen LogP) is 2.57. The van der Waals surface area contributed by atoms with Crippen molar-refractivity contribution in [1.29, 1.82) is 0 Å². The molecule has 2 rings (SSSR count). The predicted molar refractivity (Wildman–Crippen MR) is 87.3 cm³/mol.